The molecule has 0 saturated carbocycles. The molecule has 0 bridgehead atoms. The molecule has 0 spiro atoms. The Morgan fingerprint density at radius 1 is 0.973 bits per heavy atom. The lowest BCUT2D eigenvalue weighted by atomic mass is 9.93. The van der Waals surface area contributed by atoms with Crippen LogP contribution in [0.5, 0.6) is 11.5 Å². The molecule has 0 radical (unpaired) electrons. The van der Waals surface area contributed by atoms with Crippen LogP contribution >= 0.6 is 12.4 Å². The number of piperidine rings is 1. The number of ether oxygens (including phenoxy) is 1. The summed E-state index contributed by atoms with van der Waals surface area (Å²) in [6.45, 7) is 5.02. The molecule has 0 atom stereocenters. The zero-order valence-corrected chi connectivity index (χ0v) is 21.4. The molecule has 0 aliphatic carbocycles. The highest BCUT2D eigenvalue weighted by Crippen LogP contribution is 2.29. The van der Waals surface area contributed by atoms with E-state index in [1.165, 1.54) is 25.6 Å². The molecule has 2 fully saturated rings. The van der Waals surface area contributed by atoms with Gasteiger partial charge in [-0.3, -0.25) is 14.0 Å². The first-order valence-corrected chi connectivity index (χ1v) is 12.7. The van der Waals surface area contributed by atoms with E-state index in [0.29, 0.717) is 28.4 Å². The van der Waals surface area contributed by atoms with Crippen molar-refractivity contribution in [3.8, 4) is 17.2 Å². The van der Waals surface area contributed by atoms with Crippen LogP contribution in [-0.4, -0.2) is 56.7 Å². The van der Waals surface area contributed by atoms with E-state index in [9.17, 15) is 4.79 Å². The van der Waals surface area contributed by atoms with Gasteiger partial charge in [-0.05, 0) is 81.2 Å². The van der Waals surface area contributed by atoms with Gasteiger partial charge in [0.15, 0.2) is 11.5 Å². The molecular formula is C27H32ClN7O2. The largest absolute Gasteiger partial charge is 0.457 e. The third kappa shape index (κ3) is 5.07. The maximum Gasteiger partial charge on any atom is 0.335 e. The Bertz CT molecular complexity index is 1390. The summed E-state index contributed by atoms with van der Waals surface area (Å²) >= 11 is 0. The second kappa shape index (κ2) is 10.9. The fourth-order valence-electron chi connectivity index (χ4n) is 5.35. The van der Waals surface area contributed by atoms with E-state index in [4.69, 9.17) is 10.5 Å². The van der Waals surface area contributed by atoms with E-state index >= 15 is 0 Å². The number of imidazole rings is 1. The Labute approximate surface area is 221 Å². The Balaban J connectivity index is 0.00000280. The smallest absolute Gasteiger partial charge is 0.335 e. The number of nitrogen functional groups attached to an aromatic ring is 1. The number of aromatic nitrogens is 4. The van der Waals surface area contributed by atoms with Crippen molar-refractivity contribution in [2.24, 2.45) is 5.92 Å². The number of rotatable bonds is 7. The lowest BCUT2D eigenvalue weighted by Gasteiger charge is -2.40. The summed E-state index contributed by atoms with van der Waals surface area (Å²) in [5.41, 5.74) is 7.95. The van der Waals surface area contributed by atoms with Crippen LogP contribution in [-0.2, 0) is 0 Å². The van der Waals surface area contributed by atoms with Gasteiger partial charge in [-0.2, -0.15) is 0 Å². The van der Waals surface area contributed by atoms with E-state index in [1.54, 1.807) is 9.13 Å². The molecule has 3 N–H and O–H groups in total. The number of nitrogens with one attached hydrogen (secondary N) is 1. The van der Waals surface area contributed by atoms with Crippen LogP contribution in [0.25, 0.3) is 16.9 Å². The molecule has 4 aromatic rings. The van der Waals surface area contributed by atoms with Gasteiger partial charge in [0.05, 0.1) is 11.7 Å². The molecule has 2 aromatic heterocycles. The number of nitrogens with zero attached hydrogens (tertiary/aromatic N) is 5. The Morgan fingerprint density at radius 2 is 1.68 bits per heavy atom. The fraction of sp³-hybridized carbons (Fsp3) is 0.370. The average molecular weight is 522 g/mol. The van der Waals surface area contributed by atoms with E-state index in [0.717, 1.165) is 44.4 Å². The standard InChI is InChI=1S/C27H31N7O2.ClH/c28-25-24-26(31-18-30-25)34(21-16-32(17-21)15-12-19-10-13-29-14-11-19)27(35)33(24)20-6-8-23(9-7-20)36-22-4-2-1-3-5-22;/h1-9,18-19,21,29H,10-17H2,(H2,28,30,31);1H. The van der Waals surface area contributed by atoms with Crippen molar-refractivity contribution >= 4 is 29.4 Å². The maximum atomic E-state index is 13.7. The number of hydrogen-bond acceptors (Lipinski definition) is 7. The second-order valence-corrected chi connectivity index (χ2v) is 9.72. The zero-order chi connectivity index (χ0) is 24.5. The number of hydrogen-bond donors (Lipinski definition) is 2. The average Bonchev–Trinajstić information content (AvgIpc) is 3.18. The topological polar surface area (TPSA) is 103 Å². The van der Waals surface area contributed by atoms with Gasteiger partial charge >= 0.3 is 5.69 Å². The van der Waals surface area contributed by atoms with Crippen molar-refractivity contribution in [2.75, 3.05) is 38.5 Å². The highest BCUT2D eigenvalue weighted by molar-refractivity contribution is 5.85. The van der Waals surface area contributed by atoms with Gasteiger partial charge in [-0.1, -0.05) is 18.2 Å². The fourth-order valence-corrected chi connectivity index (χ4v) is 5.35. The molecule has 2 aromatic carbocycles. The molecule has 2 aliphatic heterocycles. The predicted molar refractivity (Wildman–Crippen MR) is 147 cm³/mol. The summed E-state index contributed by atoms with van der Waals surface area (Å²) in [6.07, 6.45) is 5.17. The van der Waals surface area contributed by atoms with Gasteiger partial charge in [0, 0.05) is 13.1 Å². The molecule has 37 heavy (non-hydrogen) atoms. The summed E-state index contributed by atoms with van der Waals surface area (Å²) in [5.74, 6) is 2.54. The number of para-hydroxylation sites is 1. The summed E-state index contributed by atoms with van der Waals surface area (Å²) < 4.78 is 9.32. The lowest BCUT2D eigenvalue weighted by molar-refractivity contribution is 0.0967. The number of likely N-dealkylation sites (tertiary alicyclic amines) is 1. The number of anilines is 1. The zero-order valence-electron chi connectivity index (χ0n) is 20.6. The lowest BCUT2D eigenvalue weighted by Crippen LogP contribution is -2.50. The summed E-state index contributed by atoms with van der Waals surface area (Å²) in [6, 6.07) is 17.1. The first-order chi connectivity index (χ1) is 17.7. The van der Waals surface area contributed by atoms with Crippen LogP contribution < -0.4 is 21.5 Å². The van der Waals surface area contributed by atoms with Crippen LogP contribution in [0.1, 0.15) is 25.3 Å². The van der Waals surface area contributed by atoms with E-state index in [2.05, 4.69) is 20.2 Å². The number of benzene rings is 2. The second-order valence-electron chi connectivity index (χ2n) is 9.72. The normalized spacial score (nSPS) is 16.9. The van der Waals surface area contributed by atoms with Crippen LogP contribution in [0, 0.1) is 5.92 Å². The van der Waals surface area contributed by atoms with Crippen LogP contribution in [0.3, 0.4) is 0 Å². The van der Waals surface area contributed by atoms with Gasteiger partial charge < -0.3 is 15.8 Å². The van der Waals surface area contributed by atoms with Crippen molar-refractivity contribution in [3.63, 3.8) is 0 Å². The number of nitrogens with two attached hydrogens (primary N) is 1. The molecule has 0 unspecified atom stereocenters. The Hall–Kier alpha value is -3.40. The third-order valence-electron chi connectivity index (χ3n) is 7.37. The van der Waals surface area contributed by atoms with E-state index in [-0.39, 0.29) is 24.1 Å². The van der Waals surface area contributed by atoms with E-state index in [1.807, 2.05) is 54.6 Å². The first-order valence-electron chi connectivity index (χ1n) is 12.7. The van der Waals surface area contributed by atoms with Crippen molar-refractivity contribution in [2.45, 2.75) is 25.3 Å². The minimum atomic E-state index is -0.142. The van der Waals surface area contributed by atoms with Gasteiger partial charge in [0.2, 0.25) is 0 Å². The minimum absolute atomic E-state index is 0. The van der Waals surface area contributed by atoms with E-state index < -0.39 is 0 Å². The molecule has 9 nitrogen and oxygen atoms in total. The number of halogens is 1. The van der Waals surface area contributed by atoms with Crippen LogP contribution in [0.4, 0.5) is 5.82 Å². The van der Waals surface area contributed by atoms with Crippen molar-refractivity contribution in [1.82, 2.24) is 29.3 Å². The van der Waals surface area contributed by atoms with Gasteiger partial charge in [0.1, 0.15) is 23.3 Å². The van der Waals surface area contributed by atoms with Gasteiger partial charge in [0.25, 0.3) is 0 Å². The first kappa shape index (κ1) is 25.3. The predicted octanol–water partition coefficient (Wildman–Crippen LogP) is 3.62. The summed E-state index contributed by atoms with van der Waals surface area (Å²) in [5, 5.41) is 3.43. The molecule has 10 heteroatoms. The van der Waals surface area contributed by atoms with Crippen molar-refractivity contribution in [1.29, 1.82) is 0 Å². The molecular weight excluding hydrogens is 490 g/mol. The molecule has 2 saturated heterocycles. The highest BCUT2D eigenvalue weighted by Gasteiger charge is 2.33. The van der Waals surface area contributed by atoms with Crippen molar-refractivity contribution in [3.05, 3.63) is 71.4 Å². The Kier molecular flexibility index (Phi) is 7.45. The highest BCUT2D eigenvalue weighted by atomic mass is 35.5. The molecule has 0 amide bonds. The van der Waals surface area contributed by atoms with Crippen molar-refractivity contribution < 1.29 is 4.74 Å². The summed E-state index contributed by atoms with van der Waals surface area (Å²) in [7, 11) is 0. The quantitative estimate of drug-likeness (QED) is 0.383. The van der Waals surface area contributed by atoms with Gasteiger partial charge in [-0.15, -0.1) is 12.4 Å². The van der Waals surface area contributed by atoms with Crippen LogP contribution in [0.2, 0.25) is 0 Å². The number of fused-ring (bicyclic) bond motifs is 1. The molecule has 194 valence electrons. The minimum Gasteiger partial charge on any atom is -0.457 e. The molecule has 4 heterocycles. The SMILES string of the molecule is Cl.Nc1ncnc2c1n(-c1ccc(Oc3ccccc3)cc1)c(=O)n2C1CN(CCC2CCNCC2)C1. The molecule has 6 rings (SSSR count). The summed E-state index contributed by atoms with van der Waals surface area (Å²) in [4.78, 5) is 24.8. The molecule has 2 aliphatic rings. The van der Waals surface area contributed by atoms with Gasteiger partial charge in [-0.25, -0.2) is 14.8 Å². The maximum absolute atomic E-state index is 13.7. The third-order valence-corrected chi connectivity index (χ3v) is 7.37. The Morgan fingerprint density at radius 3 is 2.41 bits per heavy atom. The monoisotopic (exact) mass is 521 g/mol. The van der Waals surface area contributed by atoms with Crippen LogP contribution in [0.15, 0.2) is 65.7 Å².